The fraction of sp³-hybridized carbons (Fsp3) is 0.250. The maximum atomic E-state index is 12.1. The van der Waals surface area contributed by atoms with E-state index in [-0.39, 0.29) is 18.9 Å². The molecule has 2 aromatic heterocycles. The van der Waals surface area contributed by atoms with Crippen LogP contribution in [0.3, 0.4) is 0 Å². The van der Waals surface area contributed by atoms with Crippen molar-refractivity contribution in [2.75, 3.05) is 6.54 Å². The summed E-state index contributed by atoms with van der Waals surface area (Å²) in [6, 6.07) is 11.0. The fourth-order valence-electron chi connectivity index (χ4n) is 2.31. The lowest BCUT2D eigenvalue weighted by Gasteiger charge is -2.21. The van der Waals surface area contributed by atoms with Crippen molar-refractivity contribution in [1.82, 2.24) is 15.5 Å². The molecule has 2 heterocycles. The summed E-state index contributed by atoms with van der Waals surface area (Å²) in [5.74, 6) is 0.223. The zero-order chi connectivity index (χ0) is 15.6. The van der Waals surface area contributed by atoms with Crippen LogP contribution in [0.2, 0.25) is 0 Å². The van der Waals surface area contributed by atoms with Crippen molar-refractivity contribution in [3.8, 4) is 0 Å². The number of aromatic nitrogens is 2. The van der Waals surface area contributed by atoms with E-state index in [9.17, 15) is 9.90 Å². The van der Waals surface area contributed by atoms with Crippen LogP contribution in [0.25, 0.3) is 10.9 Å². The van der Waals surface area contributed by atoms with Crippen molar-refractivity contribution in [2.24, 2.45) is 0 Å². The highest BCUT2D eigenvalue weighted by Gasteiger charge is 2.26. The van der Waals surface area contributed by atoms with Crippen LogP contribution < -0.4 is 5.32 Å². The Bertz CT molecular complexity index is 775. The van der Waals surface area contributed by atoms with Gasteiger partial charge in [0.05, 0.1) is 30.4 Å². The van der Waals surface area contributed by atoms with Crippen LogP contribution in [-0.4, -0.2) is 27.8 Å². The summed E-state index contributed by atoms with van der Waals surface area (Å²) >= 11 is 0. The van der Waals surface area contributed by atoms with Crippen LogP contribution in [0, 0.1) is 0 Å². The van der Waals surface area contributed by atoms with E-state index in [1.807, 2.05) is 24.3 Å². The highest BCUT2D eigenvalue weighted by molar-refractivity contribution is 5.87. The molecule has 3 aromatic rings. The average Bonchev–Trinajstić information content (AvgIpc) is 3.16. The number of carbonyl (C=O) groups excluding carboxylic acids is 1. The maximum absolute atomic E-state index is 12.1. The third-order valence-corrected chi connectivity index (χ3v) is 3.56. The van der Waals surface area contributed by atoms with Gasteiger partial charge >= 0.3 is 0 Å². The Kier molecular flexibility index (Phi) is 3.68. The SMILES string of the molecule is C[C@@](O)(CNC(=O)Cc1[nH]nc2ccccc12)c1ccco1. The molecule has 0 aliphatic carbocycles. The van der Waals surface area contributed by atoms with Gasteiger partial charge in [-0.15, -0.1) is 0 Å². The molecule has 114 valence electrons. The van der Waals surface area contributed by atoms with E-state index in [0.29, 0.717) is 5.76 Å². The van der Waals surface area contributed by atoms with E-state index in [1.165, 1.54) is 6.26 Å². The van der Waals surface area contributed by atoms with Crippen LogP contribution in [0.4, 0.5) is 0 Å². The van der Waals surface area contributed by atoms with Gasteiger partial charge in [0.1, 0.15) is 11.4 Å². The Morgan fingerprint density at radius 2 is 2.18 bits per heavy atom. The number of hydrogen-bond acceptors (Lipinski definition) is 4. The number of carbonyl (C=O) groups is 1. The van der Waals surface area contributed by atoms with E-state index in [4.69, 9.17) is 4.42 Å². The minimum absolute atomic E-state index is 0.0748. The molecule has 0 radical (unpaired) electrons. The molecule has 0 saturated heterocycles. The predicted molar refractivity (Wildman–Crippen MR) is 81.1 cm³/mol. The largest absolute Gasteiger partial charge is 0.466 e. The van der Waals surface area contributed by atoms with Crippen LogP contribution >= 0.6 is 0 Å². The van der Waals surface area contributed by atoms with Gasteiger partial charge in [-0.1, -0.05) is 18.2 Å². The number of rotatable bonds is 5. The summed E-state index contributed by atoms with van der Waals surface area (Å²) in [6.45, 7) is 1.67. The van der Waals surface area contributed by atoms with Gasteiger partial charge in [-0.3, -0.25) is 9.89 Å². The van der Waals surface area contributed by atoms with Crippen molar-refractivity contribution in [2.45, 2.75) is 18.9 Å². The lowest BCUT2D eigenvalue weighted by molar-refractivity contribution is -0.121. The van der Waals surface area contributed by atoms with Crippen molar-refractivity contribution in [3.05, 3.63) is 54.1 Å². The number of aromatic amines is 1. The summed E-state index contributed by atoms with van der Waals surface area (Å²) in [5, 5.41) is 21.0. The summed E-state index contributed by atoms with van der Waals surface area (Å²) < 4.78 is 5.18. The van der Waals surface area contributed by atoms with Crippen LogP contribution in [-0.2, 0) is 16.8 Å². The minimum Gasteiger partial charge on any atom is -0.466 e. The number of fused-ring (bicyclic) bond motifs is 1. The monoisotopic (exact) mass is 299 g/mol. The molecule has 0 fully saturated rings. The number of aliphatic hydroxyl groups is 1. The molecular weight excluding hydrogens is 282 g/mol. The zero-order valence-corrected chi connectivity index (χ0v) is 12.2. The molecule has 6 heteroatoms. The second-order valence-electron chi connectivity index (χ2n) is 5.42. The standard InChI is InChI=1S/C16H17N3O3/c1-16(21,14-7-4-8-22-14)10-17-15(20)9-13-11-5-2-3-6-12(11)18-19-13/h2-8,21H,9-10H2,1H3,(H,17,20)(H,18,19)/t16-/m1/s1. The molecule has 1 amide bonds. The molecule has 3 rings (SSSR count). The first-order valence-corrected chi connectivity index (χ1v) is 7.01. The number of nitrogens with one attached hydrogen (secondary N) is 2. The Labute approximate surface area is 127 Å². The first kappa shape index (κ1) is 14.3. The van der Waals surface area contributed by atoms with Gasteiger partial charge < -0.3 is 14.8 Å². The quantitative estimate of drug-likeness (QED) is 0.669. The van der Waals surface area contributed by atoms with Crippen molar-refractivity contribution >= 4 is 16.8 Å². The van der Waals surface area contributed by atoms with Gasteiger partial charge in [-0.2, -0.15) is 5.10 Å². The van der Waals surface area contributed by atoms with Gasteiger partial charge in [0, 0.05) is 5.39 Å². The van der Waals surface area contributed by atoms with E-state index < -0.39 is 5.60 Å². The fourth-order valence-corrected chi connectivity index (χ4v) is 2.31. The van der Waals surface area contributed by atoms with Gasteiger partial charge in [0.2, 0.25) is 5.91 Å². The van der Waals surface area contributed by atoms with Crippen LogP contribution in [0.1, 0.15) is 18.4 Å². The number of para-hydroxylation sites is 1. The summed E-state index contributed by atoms with van der Waals surface area (Å²) in [5.41, 5.74) is 0.341. The number of furan rings is 1. The Morgan fingerprint density at radius 1 is 1.36 bits per heavy atom. The Morgan fingerprint density at radius 3 is 2.95 bits per heavy atom. The third-order valence-electron chi connectivity index (χ3n) is 3.56. The molecule has 0 bridgehead atoms. The molecule has 3 N–H and O–H groups in total. The maximum Gasteiger partial charge on any atom is 0.226 e. The average molecular weight is 299 g/mol. The lowest BCUT2D eigenvalue weighted by atomic mass is 10.0. The molecule has 0 aliphatic heterocycles. The molecule has 1 aromatic carbocycles. The van der Waals surface area contributed by atoms with Crippen molar-refractivity contribution in [3.63, 3.8) is 0 Å². The highest BCUT2D eigenvalue weighted by atomic mass is 16.4. The van der Waals surface area contributed by atoms with E-state index in [2.05, 4.69) is 15.5 Å². The van der Waals surface area contributed by atoms with Crippen molar-refractivity contribution < 1.29 is 14.3 Å². The van der Waals surface area contributed by atoms with Crippen LogP contribution in [0.15, 0.2) is 47.1 Å². The zero-order valence-electron chi connectivity index (χ0n) is 12.2. The van der Waals surface area contributed by atoms with Crippen LogP contribution in [0.5, 0.6) is 0 Å². The summed E-state index contributed by atoms with van der Waals surface area (Å²) in [4.78, 5) is 12.1. The van der Waals surface area contributed by atoms with E-state index in [1.54, 1.807) is 19.1 Å². The number of nitrogens with zero attached hydrogens (tertiary/aromatic N) is 1. The molecule has 0 unspecified atom stereocenters. The van der Waals surface area contributed by atoms with Gasteiger partial charge in [0.15, 0.2) is 0 Å². The van der Waals surface area contributed by atoms with Gasteiger partial charge in [-0.05, 0) is 25.1 Å². The normalized spacial score (nSPS) is 13.9. The van der Waals surface area contributed by atoms with E-state index in [0.717, 1.165) is 16.6 Å². The molecule has 0 aliphatic rings. The summed E-state index contributed by atoms with van der Waals surface area (Å²) in [6.07, 6.45) is 1.66. The number of amides is 1. The molecule has 1 atom stereocenters. The Balaban J connectivity index is 1.63. The smallest absolute Gasteiger partial charge is 0.226 e. The minimum atomic E-state index is -1.24. The topological polar surface area (TPSA) is 91.2 Å². The Hall–Kier alpha value is -2.60. The third kappa shape index (κ3) is 2.87. The molecule has 22 heavy (non-hydrogen) atoms. The summed E-state index contributed by atoms with van der Waals surface area (Å²) in [7, 11) is 0. The highest BCUT2D eigenvalue weighted by Crippen LogP contribution is 2.20. The predicted octanol–water partition coefficient (Wildman–Crippen LogP) is 1.72. The molecular formula is C16H17N3O3. The molecule has 6 nitrogen and oxygen atoms in total. The molecule has 0 spiro atoms. The molecule has 0 saturated carbocycles. The first-order valence-electron chi connectivity index (χ1n) is 7.01. The second kappa shape index (κ2) is 5.65. The second-order valence-corrected chi connectivity index (χ2v) is 5.42. The number of hydrogen-bond donors (Lipinski definition) is 3. The van der Waals surface area contributed by atoms with Crippen molar-refractivity contribution in [1.29, 1.82) is 0 Å². The van der Waals surface area contributed by atoms with E-state index >= 15 is 0 Å². The first-order chi connectivity index (χ1) is 10.6. The van der Waals surface area contributed by atoms with Gasteiger partial charge in [-0.25, -0.2) is 0 Å². The lowest BCUT2D eigenvalue weighted by Crippen LogP contribution is -2.39. The van der Waals surface area contributed by atoms with Gasteiger partial charge in [0.25, 0.3) is 0 Å². The number of benzene rings is 1. The number of H-pyrrole nitrogens is 1.